The summed E-state index contributed by atoms with van der Waals surface area (Å²) in [4.78, 5) is 37.0. The molecule has 0 aliphatic heterocycles. The molecule has 2 aromatic rings. The predicted molar refractivity (Wildman–Crippen MR) is 131 cm³/mol. The third kappa shape index (κ3) is 4.90. The van der Waals surface area contributed by atoms with Crippen molar-refractivity contribution < 1.29 is 24.2 Å². The predicted octanol–water partition coefficient (Wildman–Crippen LogP) is 4.45. The van der Waals surface area contributed by atoms with Crippen molar-refractivity contribution >= 4 is 18.0 Å². The van der Waals surface area contributed by atoms with E-state index in [9.17, 15) is 19.5 Å². The van der Waals surface area contributed by atoms with Gasteiger partial charge in [0.25, 0.3) is 0 Å². The second-order valence-corrected chi connectivity index (χ2v) is 10.0. The van der Waals surface area contributed by atoms with E-state index in [0.29, 0.717) is 19.3 Å². The van der Waals surface area contributed by atoms with Gasteiger partial charge in [-0.15, -0.1) is 0 Å². The van der Waals surface area contributed by atoms with Crippen molar-refractivity contribution in [2.45, 2.75) is 62.9 Å². The molecule has 0 spiro atoms. The van der Waals surface area contributed by atoms with E-state index in [-0.39, 0.29) is 36.4 Å². The van der Waals surface area contributed by atoms with Gasteiger partial charge in [0.2, 0.25) is 5.91 Å². The molecule has 4 atom stereocenters. The van der Waals surface area contributed by atoms with Crippen LogP contribution in [-0.2, 0) is 14.3 Å². The lowest BCUT2D eigenvalue weighted by Gasteiger charge is -2.29. The van der Waals surface area contributed by atoms with Crippen molar-refractivity contribution in [2.75, 3.05) is 6.61 Å². The molecule has 2 amide bonds. The van der Waals surface area contributed by atoms with Crippen molar-refractivity contribution in [3.63, 3.8) is 0 Å². The normalized spacial score (nSPS) is 25.4. The summed E-state index contributed by atoms with van der Waals surface area (Å²) in [5, 5.41) is 15.3. The summed E-state index contributed by atoms with van der Waals surface area (Å²) in [5.41, 5.74) is 4.67. The van der Waals surface area contributed by atoms with Gasteiger partial charge in [0.05, 0.1) is 11.8 Å². The molecule has 35 heavy (non-hydrogen) atoms. The first kappa shape index (κ1) is 23.4. The average Bonchev–Trinajstić information content (AvgIpc) is 3.45. The fraction of sp³-hybridized carbons (Fsp3) is 0.464. The summed E-state index contributed by atoms with van der Waals surface area (Å²) in [6.45, 7) is 0.238. The number of benzene rings is 2. The largest absolute Gasteiger partial charge is 0.481 e. The summed E-state index contributed by atoms with van der Waals surface area (Å²) in [6.07, 6.45) is 4.52. The van der Waals surface area contributed by atoms with Gasteiger partial charge in [0.1, 0.15) is 6.61 Å². The number of alkyl carbamates (subject to hydrolysis) is 1. The highest BCUT2D eigenvalue weighted by molar-refractivity contribution is 5.81. The van der Waals surface area contributed by atoms with Crippen LogP contribution in [0.1, 0.15) is 62.0 Å². The summed E-state index contributed by atoms with van der Waals surface area (Å²) >= 11 is 0. The number of hydrogen-bond acceptors (Lipinski definition) is 4. The van der Waals surface area contributed by atoms with Crippen molar-refractivity contribution in [1.82, 2.24) is 10.6 Å². The number of carboxylic acid groups (broad SMARTS) is 1. The van der Waals surface area contributed by atoms with Gasteiger partial charge in [0.15, 0.2) is 0 Å². The lowest BCUT2D eigenvalue weighted by atomic mass is 9.85. The number of amides is 2. The molecule has 0 heterocycles. The highest BCUT2D eigenvalue weighted by Crippen LogP contribution is 2.44. The Hall–Kier alpha value is -3.35. The quantitative estimate of drug-likeness (QED) is 0.571. The van der Waals surface area contributed by atoms with Crippen molar-refractivity contribution in [2.24, 2.45) is 11.8 Å². The molecule has 7 nitrogen and oxygen atoms in total. The van der Waals surface area contributed by atoms with Gasteiger partial charge in [-0.05, 0) is 54.4 Å². The minimum atomic E-state index is -0.792. The number of carboxylic acids is 1. The van der Waals surface area contributed by atoms with E-state index in [0.717, 1.165) is 36.8 Å². The Morgan fingerprint density at radius 2 is 1.51 bits per heavy atom. The van der Waals surface area contributed by atoms with Gasteiger partial charge in [-0.2, -0.15) is 0 Å². The molecule has 3 aliphatic rings. The molecular weight excluding hydrogens is 444 g/mol. The van der Waals surface area contributed by atoms with Crippen molar-refractivity contribution in [3.8, 4) is 11.1 Å². The molecule has 3 N–H and O–H groups in total. The topological polar surface area (TPSA) is 105 Å². The van der Waals surface area contributed by atoms with E-state index in [1.807, 2.05) is 24.3 Å². The van der Waals surface area contributed by atoms with Crippen LogP contribution in [0.5, 0.6) is 0 Å². The van der Waals surface area contributed by atoms with Crippen molar-refractivity contribution in [3.05, 3.63) is 59.7 Å². The number of nitrogens with one attached hydrogen (secondary N) is 2. The first-order valence-corrected chi connectivity index (χ1v) is 12.7. The van der Waals surface area contributed by atoms with Crippen LogP contribution in [0.2, 0.25) is 0 Å². The fourth-order valence-corrected chi connectivity index (χ4v) is 6.09. The molecule has 2 saturated carbocycles. The highest BCUT2D eigenvalue weighted by Gasteiger charge is 2.37. The lowest BCUT2D eigenvalue weighted by molar-refractivity contribution is -0.143. The van der Waals surface area contributed by atoms with E-state index in [4.69, 9.17) is 4.74 Å². The smallest absolute Gasteiger partial charge is 0.407 e. The van der Waals surface area contributed by atoms with E-state index < -0.39 is 18.0 Å². The molecule has 3 aliphatic carbocycles. The van der Waals surface area contributed by atoms with Gasteiger partial charge >= 0.3 is 12.1 Å². The maximum atomic E-state index is 13.0. The number of carbonyl (C=O) groups is 3. The van der Waals surface area contributed by atoms with E-state index in [1.54, 1.807) is 0 Å². The van der Waals surface area contributed by atoms with Crippen LogP contribution >= 0.6 is 0 Å². The van der Waals surface area contributed by atoms with Gasteiger partial charge in [-0.3, -0.25) is 9.59 Å². The third-order valence-corrected chi connectivity index (χ3v) is 7.87. The monoisotopic (exact) mass is 476 g/mol. The first-order chi connectivity index (χ1) is 17.0. The molecule has 5 rings (SSSR count). The molecule has 2 aromatic carbocycles. The SMILES string of the molecule is O=C(N[C@@H]1CCC[C@@H]1C(=O)N[C@@H]1CCC[C@@H](C(=O)O)C1)OCC1c2ccccc2-c2ccccc21. The Labute approximate surface area is 205 Å². The minimum absolute atomic E-state index is 0.00990. The molecule has 184 valence electrons. The van der Waals surface area contributed by atoms with Crippen LogP contribution in [0.4, 0.5) is 4.79 Å². The molecule has 7 heteroatoms. The minimum Gasteiger partial charge on any atom is -0.481 e. The lowest BCUT2D eigenvalue weighted by Crippen LogP contribution is -2.48. The van der Waals surface area contributed by atoms with Crippen LogP contribution in [0.25, 0.3) is 11.1 Å². The zero-order chi connectivity index (χ0) is 24.4. The van der Waals surface area contributed by atoms with Gasteiger partial charge < -0.3 is 20.5 Å². The van der Waals surface area contributed by atoms with Crippen molar-refractivity contribution in [1.29, 1.82) is 0 Å². The zero-order valence-electron chi connectivity index (χ0n) is 19.7. The van der Waals surface area contributed by atoms with Gasteiger partial charge in [0, 0.05) is 18.0 Å². The Morgan fingerprint density at radius 1 is 0.857 bits per heavy atom. The molecule has 2 fully saturated rings. The molecule has 0 aromatic heterocycles. The second kappa shape index (κ2) is 10.1. The maximum Gasteiger partial charge on any atom is 0.407 e. The molecule has 0 unspecified atom stereocenters. The van der Waals surface area contributed by atoms with Crippen LogP contribution < -0.4 is 10.6 Å². The first-order valence-electron chi connectivity index (χ1n) is 12.7. The van der Waals surface area contributed by atoms with E-state index >= 15 is 0 Å². The maximum absolute atomic E-state index is 13.0. The number of hydrogen-bond donors (Lipinski definition) is 3. The molecular formula is C28H32N2O5. The zero-order valence-corrected chi connectivity index (χ0v) is 19.7. The summed E-state index contributed by atoms with van der Waals surface area (Å²) in [6, 6.07) is 16.0. The third-order valence-electron chi connectivity index (χ3n) is 7.87. The average molecular weight is 477 g/mol. The van der Waals surface area contributed by atoms with Crippen LogP contribution in [0, 0.1) is 11.8 Å². The number of rotatable bonds is 6. The molecule has 0 radical (unpaired) electrons. The number of carbonyl (C=O) groups excluding carboxylic acids is 2. The van der Waals surface area contributed by atoms with Crippen LogP contribution in [-0.4, -0.2) is 41.8 Å². The van der Waals surface area contributed by atoms with E-state index in [2.05, 4.69) is 34.9 Å². The Balaban J connectivity index is 1.17. The Morgan fingerprint density at radius 3 is 2.20 bits per heavy atom. The summed E-state index contributed by atoms with van der Waals surface area (Å²) in [5.74, 6) is -1.61. The Bertz CT molecular complexity index is 1070. The van der Waals surface area contributed by atoms with Gasteiger partial charge in [-0.25, -0.2) is 4.79 Å². The van der Waals surface area contributed by atoms with Gasteiger partial charge in [-0.1, -0.05) is 61.4 Å². The molecule has 0 bridgehead atoms. The highest BCUT2D eigenvalue weighted by atomic mass is 16.5. The number of ether oxygens (including phenoxy) is 1. The molecule has 0 saturated heterocycles. The fourth-order valence-electron chi connectivity index (χ4n) is 6.09. The summed E-state index contributed by atoms with van der Waals surface area (Å²) < 4.78 is 5.67. The van der Waals surface area contributed by atoms with E-state index in [1.165, 1.54) is 11.1 Å². The van der Waals surface area contributed by atoms with Crippen LogP contribution in [0.15, 0.2) is 48.5 Å². The summed E-state index contributed by atoms with van der Waals surface area (Å²) in [7, 11) is 0. The standard InChI is InChI=1S/C28H32N2O5/c31-26(29-18-8-5-7-17(15-18)27(32)33)23-13-6-14-25(23)30-28(34)35-16-24-21-11-3-1-9-19(21)20-10-2-4-12-22(20)24/h1-4,9-12,17-18,23-25H,5-8,13-16H2,(H,29,31)(H,30,34)(H,32,33)/t17-,18-,23+,25-/m1/s1. The second-order valence-electron chi connectivity index (χ2n) is 10.0. The number of aliphatic carboxylic acids is 1. The Kier molecular flexibility index (Phi) is 6.75. The van der Waals surface area contributed by atoms with Crippen LogP contribution in [0.3, 0.4) is 0 Å². The number of fused-ring (bicyclic) bond motifs is 3.